The van der Waals surface area contributed by atoms with Crippen molar-refractivity contribution in [1.82, 2.24) is 10.6 Å². The summed E-state index contributed by atoms with van der Waals surface area (Å²) in [7, 11) is 0. The summed E-state index contributed by atoms with van der Waals surface area (Å²) in [6.07, 6.45) is 5.48. The quantitative estimate of drug-likeness (QED) is 0.743. The van der Waals surface area contributed by atoms with Gasteiger partial charge in [-0.2, -0.15) is 0 Å². The van der Waals surface area contributed by atoms with E-state index in [0.29, 0.717) is 11.0 Å². The molecule has 2 atom stereocenters. The molecule has 0 bridgehead atoms. The maximum Gasteiger partial charge on any atom is 0.0277 e. The molecule has 0 spiro atoms. The molecule has 0 aromatic rings. The summed E-state index contributed by atoms with van der Waals surface area (Å²) in [5.41, 5.74) is 0.977. The van der Waals surface area contributed by atoms with Gasteiger partial charge in [-0.3, -0.25) is 0 Å². The molecule has 1 aliphatic carbocycles. The van der Waals surface area contributed by atoms with Crippen LogP contribution in [-0.2, 0) is 0 Å². The number of hydrogen-bond acceptors (Lipinski definition) is 2. The van der Waals surface area contributed by atoms with Crippen molar-refractivity contribution in [3.05, 3.63) is 0 Å². The van der Waals surface area contributed by atoms with Crippen LogP contribution >= 0.6 is 0 Å². The van der Waals surface area contributed by atoms with Gasteiger partial charge < -0.3 is 10.6 Å². The summed E-state index contributed by atoms with van der Waals surface area (Å²) in [5, 5.41) is 7.30. The first kappa shape index (κ1) is 11.4. The Bertz CT molecular complexity index is 217. The Morgan fingerprint density at radius 3 is 2.53 bits per heavy atom. The van der Waals surface area contributed by atoms with E-state index in [1.165, 1.54) is 38.8 Å². The number of hydrogen-bond donors (Lipinski definition) is 2. The van der Waals surface area contributed by atoms with E-state index >= 15 is 0 Å². The van der Waals surface area contributed by atoms with Crippen LogP contribution in [0.15, 0.2) is 0 Å². The Hall–Kier alpha value is -0.0800. The average Bonchev–Trinajstić information content (AvgIpc) is 2.75. The molecule has 2 N–H and O–H groups in total. The molecule has 1 aliphatic heterocycles. The van der Waals surface area contributed by atoms with Crippen LogP contribution in [0.2, 0.25) is 0 Å². The third-order valence-electron chi connectivity index (χ3n) is 4.33. The van der Waals surface area contributed by atoms with Crippen molar-refractivity contribution < 1.29 is 0 Å². The molecule has 1 saturated heterocycles. The highest BCUT2D eigenvalue weighted by molar-refractivity contribution is 4.97. The van der Waals surface area contributed by atoms with E-state index in [-0.39, 0.29) is 0 Å². The standard InChI is InChI=1S/C13H26N2/c1-12(2)8-11(12)9-14-10-13(3)6-4-5-7-15-13/h11,14-15H,4-10H2,1-3H3. The molecule has 1 heterocycles. The highest BCUT2D eigenvalue weighted by Crippen LogP contribution is 2.50. The average molecular weight is 210 g/mol. The molecule has 15 heavy (non-hydrogen) atoms. The zero-order chi connectivity index (χ0) is 10.9. The van der Waals surface area contributed by atoms with Crippen molar-refractivity contribution in [2.24, 2.45) is 11.3 Å². The predicted octanol–water partition coefficient (Wildman–Crippen LogP) is 2.15. The summed E-state index contributed by atoms with van der Waals surface area (Å²) in [5.74, 6) is 0.921. The fourth-order valence-corrected chi connectivity index (χ4v) is 2.72. The minimum atomic E-state index is 0.358. The Morgan fingerprint density at radius 2 is 2.00 bits per heavy atom. The third kappa shape index (κ3) is 2.94. The maximum atomic E-state index is 3.65. The Labute approximate surface area is 94.2 Å². The van der Waals surface area contributed by atoms with Gasteiger partial charge in [0.1, 0.15) is 0 Å². The smallest absolute Gasteiger partial charge is 0.0277 e. The predicted molar refractivity (Wildman–Crippen MR) is 65.0 cm³/mol. The molecule has 2 heteroatoms. The van der Waals surface area contributed by atoms with E-state index in [9.17, 15) is 0 Å². The van der Waals surface area contributed by atoms with Crippen LogP contribution < -0.4 is 10.6 Å². The highest BCUT2D eigenvalue weighted by Gasteiger charge is 2.44. The van der Waals surface area contributed by atoms with Crippen molar-refractivity contribution in [2.75, 3.05) is 19.6 Å². The van der Waals surface area contributed by atoms with Gasteiger partial charge in [0.25, 0.3) is 0 Å². The lowest BCUT2D eigenvalue weighted by atomic mass is 9.91. The van der Waals surface area contributed by atoms with Crippen LogP contribution in [0.4, 0.5) is 0 Å². The zero-order valence-electron chi connectivity index (χ0n) is 10.5. The fraction of sp³-hybridized carbons (Fsp3) is 1.00. The molecule has 2 rings (SSSR count). The van der Waals surface area contributed by atoms with Gasteiger partial charge in [0.15, 0.2) is 0 Å². The molecule has 0 radical (unpaired) electrons. The lowest BCUT2D eigenvalue weighted by Crippen LogP contribution is -2.52. The van der Waals surface area contributed by atoms with Gasteiger partial charge in [-0.15, -0.1) is 0 Å². The first-order chi connectivity index (χ1) is 7.02. The lowest BCUT2D eigenvalue weighted by Gasteiger charge is -2.35. The molecule has 0 aromatic carbocycles. The second-order valence-electron chi connectivity index (χ2n) is 6.47. The molecule has 2 fully saturated rings. The molecule has 0 amide bonds. The van der Waals surface area contributed by atoms with E-state index in [2.05, 4.69) is 31.4 Å². The molecule has 1 saturated carbocycles. The second-order valence-corrected chi connectivity index (χ2v) is 6.47. The van der Waals surface area contributed by atoms with Gasteiger partial charge in [0.05, 0.1) is 0 Å². The molecule has 2 unspecified atom stereocenters. The summed E-state index contributed by atoms with van der Waals surface area (Å²) in [6.45, 7) is 10.7. The molecular weight excluding hydrogens is 184 g/mol. The lowest BCUT2D eigenvalue weighted by molar-refractivity contribution is 0.265. The van der Waals surface area contributed by atoms with E-state index < -0.39 is 0 Å². The van der Waals surface area contributed by atoms with Crippen LogP contribution in [0.3, 0.4) is 0 Å². The first-order valence-electron chi connectivity index (χ1n) is 6.48. The monoisotopic (exact) mass is 210 g/mol. The Kier molecular flexibility index (Phi) is 3.09. The summed E-state index contributed by atoms with van der Waals surface area (Å²) in [4.78, 5) is 0. The van der Waals surface area contributed by atoms with Crippen LogP contribution in [0.5, 0.6) is 0 Å². The topological polar surface area (TPSA) is 24.1 Å². The molecule has 2 nitrogen and oxygen atoms in total. The largest absolute Gasteiger partial charge is 0.315 e. The molecule has 88 valence electrons. The van der Waals surface area contributed by atoms with Gasteiger partial charge >= 0.3 is 0 Å². The Morgan fingerprint density at radius 1 is 1.27 bits per heavy atom. The van der Waals surface area contributed by atoms with Crippen LogP contribution in [0.25, 0.3) is 0 Å². The van der Waals surface area contributed by atoms with Crippen molar-refractivity contribution in [1.29, 1.82) is 0 Å². The van der Waals surface area contributed by atoms with E-state index in [4.69, 9.17) is 0 Å². The summed E-state index contributed by atoms with van der Waals surface area (Å²) in [6, 6.07) is 0. The van der Waals surface area contributed by atoms with Crippen LogP contribution in [-0.4, -0.2) is 25.2 Å². The van der Waals surface area contributed by atoms with Crippen molar-refractivity contribution >= 4 is 0 Å². The highest BCUT2D eigenvalue weighted by atomic mass is 15.0. The first-order valence-corrected chi connectivity index (χ1v) is 6.48. The van der Waals surface area contributed by atoms with E-state index in [1.807, 2.05) is 0 Å². The number of piperidine rings is 1. The fourth-order valence-electron chi connectivity index (χ4n) is 2.72. The SMILES string of the molecule is CC1(CNCC2CC2(C)C)CCCCN1. The molecular formula is C13H26N2. The molecule has 2 aliphatic rings. The van der Waals surface area contributed by atoms with Crippen LogP contribution in [0, 0.1) is 11.3 Å². The summed E-state index contributed by atoms with van der Waals surface area (Å²) < 4.78 is 0. The minimum Gasteiger partial charge on any atom is -0.315 e. The normalized spacial score (nSPS) is 39.0. The van der Waals surface area contributed by atoms with E-state index in [0.717, 1.165) is 12.5 Å². The molecule has 0 aromatic heterocycles. The second kappa shape index (κ2) is 4.06. The van der Waals surface area contributed by atoms with Gasteiger partial charge in [-0.05, 0) is 50.6 Å². The van der Waals surface area contributed by atoms with Gasteiger partial charge in [-0.25, -0.2) is 0 Å². The Balaban J connectivity index is 1.65. The third-order valence-corrected chi connectivity index (χ3v) is 4.33. The number of nitrogens with one attached hydrogen (secondary N) is 2. The van der Waals surface area contributed by atoms with Crippen molar-refractivity contribution in [2.45, 2.75) is 52.0 Å². The zero-order valence-corrected chi connectivity index (χ0v) is 10.5. The van der Waals surface area contributed by atoms with Gasteiger partial charge in [0.2, 0.25) is 0 Å². The van der Waals surface area contributed by atoms with Crippen molar-refractivity contribution in [3.8, 4) is 0 Å². The van der Waals surface area contributed by atoms with E-state index in [1.54, 1.807) is 0 Å². The van der Waals surface area contributed by atoms with Gasteiger partial charge in [-0.1, -0.05) is 20.3 Å². The maximum absolute atomic E-state index is 3.65. The van der Waals surface area contributed by atoms with Gasteiger partial charge in [0, 0.05) is 12.1 Å². The minimum absolute atomic E-state index is 0.358. The summed E-state index contributed by atoms with van der Waals surface area (Å²) >= 11 is 0. The van der Waals surface area contributed by atoms with Crippen LogP contribution in [0.1, 0.15) is 46.5 Å². The number of rotatable bonds is 4. The van der Waals surface area contributed by atoms with Crippen molar-refractivity contribution in [3.63, 3.8) is 0 Å².